The van der Waals surface area contributed by atoms with Crippen LogP contribution in [0.15, 0.2) is 0 Å². The lowest BCUT2D eigenvalue weighted by molar-refractivity contribution is -0.382. The van der Waals surface area contributed by atoms with Crippen LogP contribution < -0.4 is 0 Å². The molecule has 0 aliphatic rings. The molecule has 3 nitrogen and oxygen atoms in total. The van der Waals surface area contributed by atoms with Crippen molar-refractivity contribution >= 4 is 26.2 Å². The van der Waals surface area contributed by atoms with Crippen molar-refractivity contribution in [1.29, 1.82) is 0 Å². The first-order valence-electron chi connectivity index (χ1n) is 3.79. The van der Waals surface area contributed by atoms with Gasteiger partial charge in [-0.2, -0.15) is 39.5 Å². The van der Waals surface area contributed by atoms with Gasteiger partial charge in [-0.05, 0) is 0 Å². The van der Waals surface area contributed by atoms with Crippen LogP contribution in [0.5, 0.6) is 0 Å². The number of sulfonamides is 1. The Morgan fingerprint density at radius 2 is 1.16 bits per heavy atom. The summed E-state index contributed by atoms with van der Waals surface area (Å²) in [5, 5.41) is -6.70. The van der Waals surface area contributed by atoms with Gasteiger partial charge in [-0.3, -0.25) is 0 Å². The molecule has 0 saturated heterocycles. The van der Waals surface area contributed by atoms with E-state index in [4.69, 9.17) is 0 Å². The average Bonchev–Trinajstić information content (AvgIpc) is 2.14. The average molecular weight is 392 g/mol. The van der Waals surface area contributed by atoms with E-state index in [-0.39, 0.29) is 7.05 Å². The van der Waals surface area contributed by atoms with Crippen LogP contribution in [0.2, 0.25) is 0 Å². The molecule has 0 spiro atoms. The zero-order chi connectivity index (χ0) is 16.1. The van der Waals surface area contributed by atoms with Gasteiger partial charge in [0.1, 0.15) is 0 Å². The first kappa shape index (κ1) is 18.8. The van der Waals surface area contributed by atoms with Gasteiger partial charge in [-0.15, -0.1) is 3.33 Å². The summed E-state index contributed by atoms with van der Waals surface area (Å²) >= 11 is 1.75. The van der Waals surface area contributed by atoms with Crippen LogP contribution >= 0.6 is 16.1 Å². The molecule has 14 heteroatoms. The van der Waals surface area contributed by atoms with Crippen LogP contribution in [-0.4, -0.2) is 42.1 Å². The molecule has 0 saturated carbocycles. The maximum absolute atomic E-state index is 12.9. The van der Waals surface area contributed by atoms with E-state index < -0.39 is 36.6 Å². The molecule has 0 aliphatic heterocycles. The van der Waals surface area contributed by atoms with Gasteiger partial charge in [-0.1, -0.05) is 0 Å². The van der Waals surface area contributed by atoms with Crippen LogP contribution in [0.4, 0.5) is 39.5 Å². The fourth-order valence-corrected chi connectivity index (χ4v) is 1.99. The summed E-state index contributed by atoms with van der Waals surface area (Å²) < 4.78 is 131. The molecule has 0 aliphatic carbocycles. The van der Waals surface area contributed by atoms with E-state index in [9.17, 15) is 47.9 Å². The lowest BCUT2D eigenvalue weighted by Crippen LogP contribution is -2.64. The lowest BCUT2D eigenvalue weighted by atomic mass is 10.1. The number of hydrogen-bond donors (Lipinski definition) is 0. The Hall–Kier alpha value is -0.240. The highest BCUT2D eigenvalue weighted by molar-refractivity contribution is 9.08. The van der Waals surface area contributed by atoms with Crippen LogP contribution in [0, 0.1) is 0 Å². The van der Waals surface area contributed by atoms with Gasteiger partial charge in [0.25, 0.3) is 10.0 Å². The van der Waals surface area contributed by atoms with Gasteiger partial charge in [0.05, 0.1) is 0 Å². The van der Waals surface area contributed by atoms with E-state index >= 15 is 0 Å². The Balaban J connectivity index is 6.08. The highest BCUT2D eigenvalue weighted by Crippen LogP contribution is 2.55. The second-order valence-electron chi connectivity index (χ2n) is 3.06. The van der Waals surface area contributed by atoms with Gasteiger partial charge in [0.2, 0.25) is 0 Å². The monoisotopic (exact) mass is 391 g/mol. The number of rotatable bonds is 4. The lowest BCUT2D eigenvalue weighted by Gasteiger charge is -2.33. The standard InChI is InChI=1S/C5H3BrF9NO2S/c1-16(6)19(17,18)5(14,15)3(9,10)2(7,8)4(11,12)13/h1H3. The molecule has 0 aromatic rings. The SMILES string of the molecule is CN(Br)S(=O)(=O)C(F)(F)C(F)(F)C(F)(F)C(F)(F)F. The third kappa shape index (κ3) is 2.53. The van der Waals surface area contributed by atoms with E-state index in [1.54, 1.807) is 16.1 Å². The van der Waals surface area contributed by atoms with Crippen LogP contribution in [0.3, 0.4) is 0 Å². The van der Waals surface area contributed by atoms with Crippen molar-refractivity contribution in [2.45, 2.75) is 23.3 Å². The topological polar surface area (TPSA) is 37.4 Å². The smallest absolute Gasteiger partial charge is 0.205 e. The summed E-state index contributed by atoms with van der Waals surface area (Å²) in [5.74, 6) is -14.5. The van der Waals surface area contributed by atoms with Gasteiger partial charge < -0.3 is 0 Å². The van der Waals surface area contributed by atoms with Crippen molar-refractivity contribution in [3.05, 3.63) is 0 Å². The van der Waals surface area contributed by atoms with Crippen molar-refractivity contribution in [2.24, 2.45) is 0 Å². The van der Waals surface area contributed by atoms with E-state index in [1.165, 1.54) is 0 Å². The molecule has 19 heavy (non-hydrogen) atoms. The molecule has 0 fully saturated rings. The number of halogens is 10. The zero-order valence-electron chi connectivity index (χ0n) is 8.45. The number of nitrogens with zero attached hydrogens (tertiary/aromatic N) is 1. The molecule has 0 atom stereocenters. The van der Waals surface area contributed by atoms with Crippen molar-refractivity contribution < 1.29 is 47.9 Å². The van der Waals surface area contributed by atoms with E-state index in [2.05, 4.69) is 0 Å². The molecule has 0 bridgehead atoms. The van der Waals surface area contributed by atoms with E-state index in [0.717, 1.165) is 0 Å². The minimum atomic E-state index is -7.25. The van der Waals surface area contributed by atoms with Gasteiger partial charge >= 0.3 is 23.3 Å². The maximum atomic E-state index is 12.9. The second kappa shape index (κ2) is 4.65. The number of alkyl halides is 9. The highest BCUT2D eigenvalue weighted by atomic mass is 79.9. The largest absolute Gasteiger partial charge is 0.460 e. The zero-order valence-corrected chi connectivity index (χ0v) is 10.9. The van der Waals surface area contributed by atoms with Crippen molar-refractivity contribution in [1.82, 2.24) is 3.33 Å². The van der Waals surface area contributed by atoms with E-state index in [0.29, 0.717) is 0 Å². The third-order valence-electron chi connectivity index (χ3n) is 1.77. The van der Waals surface area contributed by atoms with Gasteiger partial charge in [0.15, 0.2) is 0 Å². The Kier molecular flexibility index (Phi) is 4.59. The molecule has 0 heterocycles. The first-order valence-corrected chi connectivity index (χ1v) is 5.94. The predicted octanol–water partition coefficient (Wildman–Crippen LogP) is 2.98. The van der Waals surface area contributed by atoms with Crippen molar-refractivity contribution in [3.8, 4) is 0 Å². The molecular weight excluding hydrogens is 389 g/mol. The summed E-state index contributed by atoms with van der Waals surface area (Å²) in [6.45, 7) is 0. The minimum Gasteiger partial charge on any atom is -0.205 e. The van der Waals surface area contributed by atoms with Gasteiger partial charge in [-0.25, -0.2) is 8.42 Å². The number of hydrogen-bond acceptors (Lipinski definition) is 2. The highest BCUT2D eigenvalue weighted by Gasteiger charge is 2.85. The van der Waals surface area contributed by atoms with Crippen molar-refractivity contribution in [3.63, 3.8) is 0 Å². The Morgan fingerprint density at radius 3 is 1.37 bits per heavy atom. The normalized spacial score (nSPS) is 16.0. The first-order chi connectivity index (χ1) is 7.94. The molecule has 116 valence electrons. The molecule has 0 radical (unpaired) electrons. The van der Waals surface area contributed by atoms with Crippen LogP contribution in [0.1, 0.15) is 0 Å². The quantitative estimate of drug-likeness (QED) is 0.545. The van der Waals surface area contributed by atoms with Crippen LogP contribution in [-0.2, 0) is 10.0 Å². The summed E-state index contributed by atoms with van der Waals surface area (Å²) in [6, 6.07) is 0. The Morgan fingerprint density at radius 1 is 0.842 bits per heavy atom. The summed E-state index contributed by atoms with van der Waals surface area (Å²) in [5.41, 5.74) is 0. The Bertz CT molecular complexity index is 442. The molecular formula is C5H3BrF9NO2S. The predicted molar refractivity (Wildman–Crippen MR) is 46.5 cm³/mol. The van der Waals surface area contributed by atoms with Crippen molar-refractivity contribution in [2.75, 3.05) is 7.05 Å². The second-order valence-corrected chi connectivity index (χ2v) is 6.60. The molecule has 0 aromatic carbocycles. The Labute approximate surface area is 108 Å². The molecule has 0 amide bonds. The minimum absolute atomic E-state index is 0.186. The summed E-state index contributed by atoms with van der Waals surface area (Å²) in [7, 11) is -6.31. The fraction of sp³-hybridized carbons (Fsp3) is 1.00. The third-order valence-corrected chi connectivity index (χ3v) is 4.48. The molecule has 0 N–H and O–H groups in total. The maximum Gasteiger partial charge on any atom is 0.460 e. The van der Waals surface area contributed by atoms with E-state index in [1.807, 2.05) is 0 Å². The molecule has 0 aromatic heterocycles. The van der Waals surface area contributed by atoms with Crippen LogP contribution in [0.25, 0.3) is 0 Å². The molecule has 0 rings (SSSR count). The summed E-state index contributed by atoms with van der Waals surface area (Å²) in [6.07, 6.45) is -7.07. The molecule has 0 unspecified atom stereocenters. The fourth-order valence-electron chi connectivity index (χ4n) is 0.681. The van der Waals surface area contributed by atoms with Gasteiger partial charge in [0, 0.05) is 23.2 Å². The summed E-state index contributed by atoms with van der Waals surface area (Å²) in [4.78, 5) is 0.